The number of hydrogen-bond donors (Lipinski definition) is 0. The van der Waals surface area contributed by atoms with E-state index in [0.29, 0.717) is 36.0 Å². The number of hydrogen-bond acceptors (Lipinski definition) is 3. The van der Waals surface area contributed by atoms with E-state index in [0.717, 1.165) is 37.9 Å². The number of anilines is 1. The molecule has 0 N–H and O–H groups in total. The summed E-state index contributed by atoms with van der Waals surface area (Å²) >= 11 is 6.45. The van der Waals surface area contributed by atoms with Crippen LogP contribution in [0.3, 0.4) is 0 Å². The zero-order chi connectivity index (χ0) is 22.0. The zero-order valence-electron chi connectivity index (χ0n) is 18.4. The summed E-state index contributed by atoms with van der Waals surface area (Å²) in [6.07, 6.45) is 4.07. The van der Waals surface area contributed by atoms with Crippen molar-refractivity contribution in [2.45, 2.75) is 51.4 Å². The fraction of sp³-hybridized carbons (Fsp3) is 0.462. The molecule has 0 radical (unpaired) electrons. The second-order valence-electron chi connectivity index (χ2n) is 9.54. The fourth-order valence-corrected chi connectivity index (χ4v) is 5.22. The average molecular weight is 439 g/mol. The van der Waals surface area contributed by atoms with E-state index in [1.807, 2.05) is 26.0 Å². The number of rotatable bonds is 5. The Hall–Kier alpha value is -2.17. The highest BCUT2D eigenvalue weighted by molar-refractivity contribution is 6.35. The number of benzene rings is 2. The lowest BCUT2D eigenvalue weighted by Crippen LogP contribution is -2.46. The maximum Gasteiger partial charge on any atom is 0.235 e. The van der Waals surface area contributed by atoms with Crippen LogP contribution < -0.4 is 4.90 Å². The third-order valence-electron chi connectivity index (χ3n) is 6.75. The SMILES string of the molecule is CC1(C)CC(=O)N(C(=O)CCN2CCC(Cc3ccccc3)CC2)c2c(Cl)cccc21. The van der Waals surface area contributed by atoms with E-state index < -0.39 is 0 Å². The fourth-order valence-electron chi connectivity index (χ4n) is 4.96. The standard InChI is InChI=1S/C26H31ClN2O2/c1-26(2)18-24(31)29(25-21(26)9-6-10-22(25)27)23(30)13-16-28-14-11-20(12-15-28)17-19-7-4-3-5-8-19/h3-10,20H,11-18H2,1-2H3. The van der Waals surface area contributed by atoms with E-state index in [9.17, 15) is 9.59 Å². The second-order valence-corrected chi connectivity index (χ2v) is 9.95. The molecule has 0 unspecified atom stereocenters. The summed E-state index contributed by atoms with van der Waals surface area (Å²) in [5.41, 5.74) is 2.62. The molecule has 1 fully saturated rings. The number of para-hydroxylation sites is 1. The highest BCUT2D eigenvalue weighted by Crippen LogP contribution is 2.44. The van der Waals surface area contributed by atoms with E-state index in [-0.39, 0.29) is 17.2 Å². The van der Waals surface area contributed by atoms with E-state index in [4.69, 9.17) is 11.6 Å². The summed E-state index contributed by atoms with van der Waals surface area (Å²) in [5.74, 6) is 0.393. The Morgan fingerprint density at radius 1 is 1.06 bits per heavy atom. The van der Waals surface area contributed by atoms with Crippen LogP contribution in [-0.4, -0.2) is 36.3 Å². The van der Waals surface area contributed by atoms with Crippen LogP contribution in [0.25, 0.3) is 0 Å². The number of fused-ring (bicyclic) bond motifs is 1. The largest absolute Gasteiger partial charge is 0.303 e. The van der Waals surface area contributed by atoms with Gasteiger partial charge in [-0.05, 0) is 55.5 Å². The molecule has 1 saturated heterocycles. The molecule has 2 heterocycles. The van der Waals surface area contributed by atoms with Gasteiger partial charge in [-0.2, -0.15) is 0 Å². The van der Waals surface area contributed by atoms with E-state index in [2.05, 4.69) is 35.2 Å². The molecule has 164 valence electrons. The lowest BCUT2D eigenvalue weighted by Gasteiger charge is -2.38. The van der Waals surface area contributed by atoms with E-state index in [1.165, 1.54) is 10.5 Å². The number of piperidine rings is 1. The third-order valence-corrected chi connectivity index (χ3v) is 7.05. The lowest BCUT2D eigenvalue weighted by atomic mass is 9.77. The highest BCUT2D eigenvalue weighted by atomic mass is 35.5. The number of likely N-dealkylation sites (tertiary alicyclic amines) is 1. The number of nitrogens with zero attached hydrogens (tertiary/aromatic N) is 2. The van der Waals surface area contributed by atoms with Crippen LogP contribution in [0.4, 0.5) is 5.69 Å². The summed E-state index contributed by atoms with van der Waals surface area (Å²) in [6, 6.07) is 16.3. The molecule has 5 heteroatoms. The van der Waals surface area contributed by atoms with Gasteiger partial charge in [-0.25, -0.2) is 4.90 Å². The first-order valence-corrected chi connectivity index (χ1v) is 11.6. The van der Waals surface area contributed by atoms with E-state index >= 15 is 0 Å². The molecule has 2 aromatic rings. The van der Waals surface area contributed by atoms with Crippen LogP contribution in [0, 0.1) is 5.92 Å². The average Bonchev–Trinajstić information content (AvgIpc) is 2.74. The number of amides is 2. The molecular weight excluding hydrogens is 408 g/mol. The molecule has 4 rings (SSSR count). The maximum atomic E-state index is 13.1. The molecule has 0 saturated carbocycles. The Balaban J connectivity index is 1.35. The minimum atomic E-state index is -0.325. The molecule has 2 aromatic carbocycles. The van der Waals surface area contributed by atoms with Gasteiger partial charge in [0.2, 0.25) is 11.8 Å². The van der Waals surface area contributed by atoms with Gasteiger partial charge in [-0.3, -0.25) is 9.59 Å². The Labute approximate surface area is 190 Å². The van der Waals surface area contributed by atoms with E-state index in [1.54, 1.807) is 6.07 Å². The molecule has 2 amide bonds. The van der Waals surface area contributed by atoms with Crippen molar-refractivity contribution in [1.29, 1.82) is 0 Å². The quantitative estimate of drug-likeness (QED) is 0.642. The van der Waals surface area contributed by atoms with Gasteiger partial charge in [0.05, 0.1) is 10.7 Å². The van der Waals surface area contributed by atoms with Crippen LogP contribution in [0.15, 0.2) is 48.5 Å². The Kier molecular flexibility index (Phi) is 6.49. The minimum Gasteiger partial charge on any atom is -0.303 e. The molecule has 0 atom stereocenters. The molecule has 0 spiro atoms. The number of halogens is 1. The van der Waals surface area contributed by atoms with Gasteiger partial charge in [-0.1, -0.05) is 67.9 Å². The van der Waals surface area contributed by atoms with Gasteiger partial charge in [0.25, 0.3) is 0 Å². The van der Waals surface area contributed by atoms with Crippen LogP contribution >= 0.6 is 11.6 Å². The van der Waals surface area contributed by atoms with Crippen molar-refractivity contribution in [1.82, 2.24) is 4.90 Å². The van der Waals surface area contributed by atoms with Crippen LogP contribution in [0.5, 0.6) is 0 Å². The Morgan fingerprint density at radius 2 is 1.77 bits per heavy atom. The summed E-state index contributed by atoms with van der Waals surface area (Å²) in [7, 11) is 0. The zero-order valence-corrected chi connectivity index (χ0v) is 19.2. The molecule has 2 aliphatic heterocycles. The van der Waals surface area contributed by atoms with Crippen molar-refractivity contribution in [3.05, 3.63) is 64.7 Å². The number of carbonyl (C=O) groups is 2. The summed E-state index contributed by atoms with van der Waals surface area (Å²) in [6.45, 7) is 6.75. The Morgan fingerprint density at radius 3 is 2.48 bits per heavy atom. The summed E-state index contributed by atoms with van der Waals surface area (Å²) < 4.78 is 0. The predicted molar refractivity (Wildman–Crippen MR) is 126 cm³/mol. The topological polar surface area (TPSA) is 40.6 Å². The smallest absolute Gasteiger partial charge is 0.235 e. The van der Waals surface area contributed by atoms with Crippen LogP contribution in [0.1, 0.15) is 50.7 Å². The molecule has 0 aliphatic carbocycles. The summed E-state index contributed by atoms with van der Waals surface area (Å²) in [4.78, 5) is 29.7. The number of imide groups is 1. The summed E-state index contributed by atoms with van der Waals surface area (Å²) in [5, 5.41) is 0.466. The van der Waals surface area contributed by atoms with Gasteiger partial charge in [0.1, 0.15) is 0 Å². The van der Waals surface area contributed by atoms with Crippen molar-refractivity contribution >= 4 is 29.1 Å². The van der Waals surface area contributed by atoms with Crippen molar-refractivity contribution in [2.24, 2.45) is 5.92 Å². The first-order valence-electron chi connectivity index (χ1n) is 11.3. The van der Waals surface area contributed by atoms with Crippen molar-refractivity contribution in [3.63, 3.8) is 0 Å². The number of carbonyl (C=O) groups excluding carboxylic acids is 2. The molecule has 31 heavy (non-hydrogen) atoms. The molecular formula is C26H31ClN2O2. The lowest BCUT2D eigenvalue weighted by molar-refractivity contribution is -0.127. The molecule has 4 nitrogen and oxygen atoms in total. The minimum absolute atomic E-state index is 0.152. The van der Waals surface area contributed by atoms with Crippen molar-refractivity contribution in [2.75, 3.05) is 24.5 Å². The van der Waals surface area contributed by atoms with Gasteiger partial charge >= 0.3 is 0 Å². The predicted octanol–water partition coefficient (Wildman–Crippen LogP) is 5.23. The monoisotopic (exact) mass is 438 g/mol. The third kappa shape index (κ3) is 4.86. The molecule has 2 aliphatic rings. The second kappa shape index (κ2) is 9.13. The van der Waals surface area contributed by atoms with Crippen molar-refractivity contribution < 1.29 is 9.59 Å². The Bertz CT molecular complexity index is 949. The van der Waals surface area contributed by atoms with Gasteiger partial charge in [-0.15, -0.1) is 0 Å². The first-order chi connectivity index (χ1) is 14.8. The van der Waals surface area contributed by atoms with Gasteiger partial charge in [0.15, 0.2) is 0 Å². The van der Waals surface area contributed by atoms with Crippen molar-refractivity contribution in [3.8, 4) is 0 Å². The van der Waals surface area contributed by atoms with Crippen LogP contribution in [0.2, 0.25) is 5.02 Å². The van der Waals surface area contributed by atoms with Gasteiger partial charge < -0.3 is 4.90 Å². The molecule has 0 bridgehead atoms. The molecule has 0 aromatic heterocycles. The van der Waals surface area contributed by atoms with Crippen LogP contribution in [-0.2, 0) is 21.4 Å². The highest BCUT2D eigenvalue weighted by Gasteiger charge is 2.40. The first kappa shape index (κ1) is 22.0. The normalized spacial score (nSPS) is 19.3. The van der Waals surface area contributed by atoms with Gasteiger partial charge in [0, 0.05) is 24.8 Å². The maximum absolute atomic E-state index is 13.1.